The Hall–Kier alpha value is -0.545. The highest BCUT2D eigenvalue weighted by Gasteiger charge is 2.54. The topological polar surface area (TPSA) is 47.6 Å². The maximum atomic E-state index is 11.2. The van der Waals surface area contributed by atoms with Gasteiger partial charge in [-0.05, 0) is 33.6 Å². The van der Waals surface area contributed by atoms with Crippen molar-refractivity contribution in [2.75, 3.05) is 0 Å². The molecule has 1 fully saturated rings. The van der Waals surface area contributed by atoms with E-state index in [1.165, 1.54) is 6.92 Å². The van der Waals surface area contributed by atoms with Crippen molar-refractivity contribution >= 4 is 13.0 Å². The van der Waals surface area contributed by atoms with Gasteiger partial charge < -0.3 is 14.6 Å². The van der Waals surface area contributed by atoms with E-state index in [-0.39, 0.29) is 36.1 Å². The molecule has 5 heteroatoms. The van der Waals surface area contributed by atoms with Crippen LogP contribution in [0.3, 0.4) is 0 Å². The third kappa shape index (κ3) is 3.02. The van der Waals surface area contributed by atoms with Crippen LogP contribution in [0.1, 0.15) is 48.5 Å². The molecule has 1 aliphatic heterocycles. The van der Waals surface area contributed by atoms with Gasteiger partial charge in [0.05, 0.1) is 17.1 Å². The number of amides is 1. The van der Waals surface area contributed by atoms with E-state index in [4.69, 9.17) is 9.31 Å². The van der Waals surface area contributed by atoms with Crippen molar-refractivity contribution < 1.29 is 14.1 Å². The molecule has 4 nitrogen and oxygen atoms in total. The van der Waals surface area contributed by atoms with E-state index in [2.05, 4.69) is 5.32 Å². The highest BCUT2D eigenvalue weighted by Crippen LogP contribution is 2.38. The highest BCUT2D eigenvalue weighted by molar-refractivity contribution is 6.48. The molecular weight excluding hydrogens is 217 g/mol. The Morgan fingerprint density at radius 2 is 1.53 bits per heavy atom. The van der Waals surface area contributed by atoms with Gasteiger partial charge in [-0.2, -0.15) is 0 Å². The molecule has 1 rings (SSSR count). The predicted octanol–water partition coefficient (Wildman–Crippen LogP) is 1.78. The van der Waals surface area contributed by atoms with Crippen LogP contribution in [0.15, 0.2) is 0 Å². The largest absolute Gasteiger partial charge is 0.482 e. The zero-order valence-corrected chi connectivity index (χ0v) is 12.0. The first-order valence-electron chi connectivity index (χ1n) is 6.19. The molecule has 1 N–H and O–H groups in total. The molecule has 98 valence electrons. The summed E-state index contributed by atoms with van der Waals surface area (Å²) in [7, 11) is -0.385. The Bertz CT molecular complexity index is 286. The first-order valence-corrected chi connectivity index (χ1v) is 6.19. The van der Waals surface area contributed by atoms with Gasteiger partial charge >= 0.3 is 7.12 Å². The van der Waals surface area contributed by atoms with E-state index in [1.54, 1.807) is 0 Å². The van der Waals surface area contributed by atoms with Gasteiger partial charge in [-0.1, -0.05) is 13.8 Å². The summed E-state index contributed by atoms with van der Waals surface area (Å²) in [5.41, 5.74) is -0.716. The smallest absolute Gasteiger partial charge is 0.402 e. The molecule has 0 saturated carbocycles. The lowest BCUT2D eigenvalue weighted by Gasteiger charge is -2.32. The Labute approximate surface area is 105 Å². The number of carbonyl (C=O) groups is 1. The van der Waals surface area contributed by atoms with Crippen LogP contribution in [-0.2, 0) is 14.1 Å². The molecule has 0 aliphatic carbocycles. The Balaban J connectivity index is 2.83. The average Bonchev–Trinajstić information content (AvgIpc) is 2.31. The fraction of sp³-hybridized carbons (Fsp3) is 0.917. The van der Waals surface area contributed by atoms with Crippen molar-refractivity contribution in [2.45, 2.75) is 65.6 Å². The third-order valence-electron chi connectivity index (χ3n) is 3.65. The minimum Gasteiger partial charge on any atom is -0.402 e. The van der Waals surface area contributed by atoms with E-state index in [0.29, 0.717) is 0 Å². The van der Waals surface area contributed by atoms with Gasteiger partial charge in [-0.25, -0.2) is 0 Å². The predicted molar refractivity (Wildman–Crippen MR) is 68.5 cm³/mol. The number of hydrogen-bond acceptors (Lipinski definition) is 3. The molecule has 0 bridgehead atoms. The Kier molecular flexibility index (Phi) is 3.94. The highest BCUT2D eigenvalue weighted by atomic mass is 16.7. The fourth-order valence-corrected chi connectivity index (χ4v) is 1.82. The summed E-state index contributed by atoms with van der Waals surface area (Å²) in [4.78, 5) is 11.2. The van der Waals surface area contributed by atoms with Gasteiger partial charge in [-0.15, -0.1) is 0 Å². The van der Waals surface area contributed by atoms with E-state index in [0.717, 1.165) is 0 Å². The van der Waals surface area contributed by atoms with E-state index < -0.39 is 0 Å². The lowest BCUT2D eigenvalue weighted by atomic mass is 9.72. The quantitative estimate of drug-likeness (QED) is 0.766. The van der Waals surface area contributed by atoms with Gasteiger partial charge in [-0.3, -0.25) is 4.79 Å². The van der Waals surface area contributed by atoms with Crippen LogP contribution >= 0.6 is 0 Å². The zero-order valence-electron chi connectivity index (χ0n) is 12.0. The molecule has 0 aromatic rings. The van der Waals surface area contributed by atoms with E-state index in [9.17, 15) is 4.79 Å². The lowest BCUT2D eigenvalue weighted by molar-refractivity contribution is -0.119. The molecular formula is C12H24BNO3. The van der Waals surface area contributed by atoms with Crippen molar-refractivity contribution in [1.29, 1.82) is 0 Å². The maximum absolute atomic E-state index is 11.2. The summed E-state index contributed by atoms with van der Waals surface area (Å²) in [6.45, 7) is 13.7. The SMILES string of the molecule is CC(=O)NC(B1OC(C)(C)C(C)(C)O1)C(C)C. The van der Waals surface area contributed by atoms with Crippen molar-refractivity contribution in [2.24, 2.45) is 5.92 Å². The molecule has 1 unspecified atom stereocenters. The second-order valence-electron chi connectivity index (χ2n) is 6.10. The molecule has 1 aliphatic rings. The third-order valence-corrected chi connectivity index (χ3v) is 3.65. The van der Waals surface area contributed by atoms with Crippen LogP contribution in [0.25, 0.3) is 0 Å². The molecule has 1 heterocycles. The van der Waals surface area contributed by atoms with Crippen molar-refractivity contribution in [1.82, 2.24) is 5.32 Å². The molecule has 0 aromatic carbocycles. The van der Waals surface area contributed by atoms with Gasteiger partial charge in [0.15, 0.2) is 0 Å². The first-order chi connectivity index (χ1) is 7.57. The van der Waals surface area contributed by atoms with Gasteiger partial charge in [0, 0.05) is 6.92 Å². The molecule has 0 aromatic heterocycles. The monoisotopic (exact) mass is 241 g/mol. The van der Waals surface area contributed by atoms with Crippen LogP contribution in [0.5, 0.6) is 0 Å². The van der Waals surface area contributed by atoms with Crippen molar-refractivity contribution in [3.05, 3.63) is 0 Å². The van der Waals surface area contributed by atoms with Crippen LogP contribution in [0.4, 0.5) is 0 Å². The van der Waals surface area contributed by atoms with Crippen LogP contribution in [-0.4, -0.2) is 30.2 Å². The van der Waals surface area contributed by atoms with Gasteiger partial charge in [0.2, 0.25) is 5.91 Å². The van der Waals surface area contributed by atoms with Crippen molar-refractivity contribution in [3.63, 3.8) is 0 Å². The van der Waals surface area contributed by atoms with Gasteiger partial charge in [0.25, 0.3) is 0 Å². The Morgan fingerprint density at radius 1 is 1.12 bits per heavy atom. The van der Waals surface area contributed by atoms with E-state index in [1.807, 2.05) is 41.5 Å². The summed E-state index contributed by atoms with van der Waals surface area (Å²) in [5.74, 6) is 0.0839. The van der Waals surface area contributed by atoms with Crippen LogP contribution in [0.2, 0.25) is 0 Å². The fourth-order valence-electron chi connectivity index (χ4n) is 1.82. The normalized spacial score (nSPS) is 23.9. The maximum Gasteiger partial charge on any atom is 0.482 e. The summed E-state index contributed by atoms with van der Waals surface area (Å²) in [6.07, 6.45) is 0. The van der Waals surface area contributed by atoms with Crippen LogP contribution in [0, 0.1) is 5.92 Å². The number of hydrogen-bond donors (Lipinski definition) is 1. The summed E-state index contributed by atoms with van der Waals surface area (Å²) in [5, 5.41) is 2.91. The number of carbonyl (C=O) groups excluding carboxylic acids is 1. The minimum atomic E-state index is -0.385. The second kappa shape index (κ2) is 4.61. The minimum absolute atomic E-state index is 0.0570. The first kappa shape index (κ1) is 14.5. The second-order valence-corrected chi connectivity index (χ2v) is 6.10. The lowest BCUT2D eigenvalue weighted by Crippen LogP contribution is -2.50. The zero-order chi connectivity index (χ0) is 13.4. The molecule has 1 atom stereocenters. The molecule has 0 spiro atoms. The standard InChI is InChI=1S/C12H24BNO3/c1-8(2)10(14-9(3)15)13-16-11(4,5)12(6,7)17-13/h8,10H,1-7H3,(H,14,15). The van der Waals surface area contributed by atoms with Crippen molar-refractivity contribution in [3.8, 4) is 0 Å². The summed E-state index contributed by atoms with van der Waals surface area (Å²) < 4.78 is 11.9. The summed E-state index contributed by atoms with van der Waals surface area (Å²) in [6, 6.07) is 0. The van der Waals surface area contributed by atoms with Gasteiger partial charge in [0.1, 0.15) is 0 Å². The molecule has 0 radical (unpaired) electrons. The average molecular weight is 241 g/mol. The van der Waals surface area contributed by atoms with Crippen LogP contribution < -0.4 is 5.32 Å². The number of rotatable bonds is 3. The number of nitrogens with one attached hydrogen (secondary N) is 1. The molecule has 1 amide bonds. The molecule has 17 heavy (non-hydrogen) atoms. The van der Waals surface area contributed by atoms with E-state index >= 15 is 0 Å². The summed E-state index contributed by atoms with van der Waals surface area (Å²) >= 11 is 0. The molecule has 1 saturated heterocycles. The Morgan fingerprint density at radius 3 is 1.82 bits per heavy atom.